The summed E-state index contributed by atoms with van der Waals surface area (Å²) in [5, 5.41) is 20.9. The van der Waals surface area contributed by atoms with Gasteiger partial charge in [0.1, 0.15) is 50.7 Å². The van der Waals surface area contributed by atoms with Crippen molar-refractivity contribution >= 4 is 40.6 Å². The Morgan fingerprint density at radius 3 is 2.42 bits per heavy atom. The van der Waals surface area contributed by atoms with Crippen molar-refractivity contribution in [1.82, 2.24) is 35.2 Å². The number of carbonyl (C=O) groups excluding carboxylic acids is 2. The summed E-state index contributed by atoms with van der Waals surface area (Å²) < 4.78 is 39.0. The number of hydrogen-bond acceptors (Lipinski definition) is 12. The van der Waals surface area contributed by atoms with Crippen molar-refractivity contribution in [3.63, 3.8) is 0 Å². The highest BCUT2D eigenvalue weighted by atomic mass is 32.1. The third kappa shape index (κ3) is 7.34. The van der Waals surface area contributed by atoms with Crippen molar-refractivity contribution in [1.29, 1.82) is 0 Å². The van der Waals surface area contributed by atoms with E-state index in [1.165, 1.54) is 18.6 Å². The standard InChI is InChI=1S/C23H21F3N10O3S/c1-12(22-32-9-16(40-22)21(39)36-18-6-13(23(24,25)26)15(37)8-31-18)35-20(38)14-7-17(34-11-33-14)28-4-5-30-19-10-27-2-3-29-19/h2-3,6-12,37H,4-5H2,1H3,(H,29,30)(H,35,38)(H,28,33,34)(H,31,36,39). The number of alkyl halides is 3. The number of halogens is 3. The summed E-state index contributed by atoms with van der Waals surface area (Å²) in [6.07, 6.45) is 2.96. The Balaban J connectivity index is 1.31. The molecule has 1 atom stereocenters. The van der Waals surface area contributed by atoms with E-state index in [1.807, 2.05) is 0 Å². The van der Waals surface area contributed by atoms with Crippen LogP contribution in [0.5, 0.6) is 5.75 Å². The summed E-state index contributed by atoms with van der Waals surface area (Å²) in [5.41, 5.74) is -1.24. The first-order chi connectivity index (χ1) is 19.1. The van der Waals surface area contributed by atoms with Crippen LogP contribution in [0.15, 0.2) is 49.4 Å². The Morgan fingerprint density at radius 1 is 0.925 bits per heavy atom. The summed E-state index contributed by atoms with van der Waals surface area (Å²) in [4.78, 5) is 49.2. The van der Waals surface area contributed by atoms with Crippen LogP contribution in [0.3, 0.4) is 0 Å². The first-order valence-electron chi connectivity index (χ1n) is 11.5. The van der Waals surface area contributed by atoms with E-state index >= 15 is 0 Å². The maximum absolute atomic E-state index is 13.0. The fourth-order valence-electron chi connectivity index (χ4n) is 3.20. The SMILES string of the molecule is CC(NC(=O)c1cc(NCCNc2cnccn2)ncn1)c1ncc(C(=O)Nc2cc(C(F)(F)F)c(O)cn2)s1. The molecule has 4 aromatic rings. The van der Waals surface area contributed by atoms with Crippen LogP contribution in [0.4, 0.5) is 30.6 Å². The molecule has 4 heterocycles. The highest BCUT2D eigenvalue weighted by Crippen LogP contribution is 2.36. The highest BCUT2D eigenvalue weighted by Gasteiger charge is 2.34. The van der Waals surface area contributed by atoms with Crippen LogP contribution in [0, 0.1) is 0 Å². The largest absolute Gasteiger partial charge is 0.506 e. The van der Waals surface area contributed by atoms with E-state index < -0.39 is 41.2 Å². The maximum Gasteiger partial charge on any atom is 0.420 e. The van der Waals surface area contributed by atoms with Gasteiger partial charge in [-0.3, -0.25) is 14.6 Å². The lowest BCUT2D eigenvalue weighted by Crippen LogP contribution is -2.27. The maximum atomic E-state index is 13.0. The van der Waals surface area contributed by atoms with E-state index in [4.69, 9.17) is 0 Å². The van der Waals surface area contributed by atoms with Crippen molar-refractivity contribution in [2.45, 2.75) is 19.1 Å². The van der Waals surface area contributed by atoms with Gasteiger partial charge in [0.15, 0.2) is 0 Å². The topological polar surface area (TPSA) is 180 Å². The number of nitrogens with one attached hydrogen (secondary N) is 4. The highest BCUT2D eigenvalue weighted by molar-refractivity contribution is 7.13. The average molecular weight is 575 g/mol. The fraction of sp³-hybridized carbons (Fsp3) is 0.217. The molecule has 208 valence electrons. The third-order valence-electron chi connectivity index (χ3n) is 5.10. The Bertz CT molecular complexity index is 1490. The lowest BCUT2D eigenvalue weighted by atomic mass is 10.2. The molecule has 0 spiro atoms. The normalized spacial score (nSPS) is 11.9. The minimum Gasteiger partial charge on any atom is -0.506 e. The molecule has 0 radical (unpaired) electrons. The lowest BCUT2D eigenvalue weighted by molar-refractivity contribution is -0.138. The number of thiazole rings is 1. The van der Waals surface area contributed by atoms with Gasteiger partial charge in [-0.2, -0.15) is 13.2 Å². The van der Waals surface area contributed by atoms with Crippen molar-refractivity contribution < 1.29 is 27.9 Å². The second kappa shape index (κ2) is 12.3. The number of hydrogen-bond donors (Lipinski definition) is 5. The molecule has 0 saturated heterocycles. The van der Waals surface area contributed by atoms with Crippen LogP contribution < -0.4 is 21.3 Å². The molecule has 1 unspecified atom stereocenters. The molecule has 0 saturated carbocycles. The third-order valence-corrected chi connectivity index (χ3v) is 6.27. The molecule has 0 aliphatic carbocycles. The molecule has 5 N–H and O–H groups in total. The summed E-state index contributed by atoms with van der Waals surface area (Å²) in [7, 11) is 0. The molecule has 40 heavy (non-hydrogen) atoms. The van der Waals surface area contributed by atoms with Gasteiger partial charge in [0.05, 0.1) is 24.6 Å². The molecule has 13 nitrogen and oxygen atoms in total. The smallest absolute Gasteiger partial charge is 0.420 e. The molecular formula is C23H21F3N10O3S. The zero-order chi connectivity index (χ0) is 28.7. The number of nitrogens with zero attached hydrogens (tertiary/aromatic N) is 6. The van der Waals surface area contributed by atoms with Gasteiger partial charge in [-0.1, -0.05) is 0 Å². The molecule has 4 aromatic heterocycles. The number of anilines is 3. The second-order valence-corrected chi connectivity index (χ2v) is 9.09. The first-order valence-corrected chi connectivity index (χ1v) is 12.3. The van der Waals surface area contributed by atoms with Gasteiger partial charge in [-0.25, -0.2) is 24.9 Å². The molecule has 4 rings (SSSR count). The fourth-order valence-corrected chi connectivity index (χ4v) is 4.01. The Kier molecular flexibility index (Phi) is 8.63. The van der Waals surface area contributed by atoms with Crippen molar-refractivity contribution in [2.75, 3.05) is 29.0 Å². The number of pyridine rings is 1. The van der Waals surface area contributed by atoms with E-state index in [0.717, 1.165) is 11.3 Å². The number of aromatic hydroxyl groups is 1. The molecule has 0 fully saturated rings. The number of amides is 2. The number of rotatable bonds is 10. The number of carbonyl (C=O) groups is 2. The van der Waals surface area contributed by atoms with Crippen molar-refractivity contribution in [3.05, 3.63) is 70.6 Å². The summed E-state index contributed by atoms with van der Waals surface area (Å²) in [5.74, 6) is -1.67. The second-order valence-electron chi connectivity index (χ2n) is 8.03. The van der Waals surface area contributed by atoms with Crippen LogP contribution in [0.25, 0.3) is 0 Å². The summed E-state index contributed by atoms with van der Waals surface area (Å²) in [6.45, 7) is 2.65. The Labute approximate surface area is 228 Å². The molecule has 0 aliphatic heterocycles. The predicted octanol–water partition coefficient (Wildman–Crippen LogP) is 3.11. The van der Waals surface area contributed by atoms with E-state index in [1.54, 1.807) is 25.5 Å². The van der Waals surface area contributed by atoms with Gasteiger partial charge < -0.3 is 26.4 Å². The van der Waals surface area contributed by atoms with E-state index in [0.29, 0.717) is 42.0 Å². The molecule has 0 bridgehead atoms. The van der Waals surface area contributed by atoms with Crippen LogP contribution in [-0.4, -0.2) is 59.9 Å². The van der Waals surface area contributed by atoms with E-state index in [-0.39, 0.29) is 10.6 Å². The number of aromatic nitrogens is 6. The van der Waals surface area contributed by atoms with Gasteiger partial charge >= 0.3 is 6.18 Å². The molecular weight excluding hydrogens is 553 g/mol. The van der Waals surface area contributed by atoms with Gasteiger partial charge in [0.2, 0.25) is 0 Å². The monoisotopic (exact) mass is 574 g/mol. The summed E-state index contributed by atoms with van der Waals surface area (Å²) in [6, 6.07) is 1.38. The molecule has 0 aliphatic rings. The van der Waals surface area contributed by atoms with Gasteiger partial charge in [0.25, 0.3) is 11.8 Å². The first kappa shape index (κ1) is 28.1. The van der Waals surface area contributed by atoms with Crippen molar-refractivity contribution in [2.24, 2.45) is 0 Å². The minimum atomic E-state index is -4.83. The van der Waals surface area contributed by atoms with Gasteiger partial charge in [0, 0.05) is 31.5 Å². The predicted molar refractivity (Wildman–Crippen MR) is 138 cm³/mol. The quantitative estimate of drug-likeness (QED) is 0.176. The molecule has 17 heteroatoms. The summed E-state index contributed by atoms with van der Waals surface area (Å²) >= 11 is 0.934. The van der Waals surface area contributed by atoms with Crippen LogP contribution in [0.2, 0.25) is 0 Å². The Hall–Kier alpha value is -4.93. The van der Waals surface area contributed by atoms with E-state index in [2.05, 4.69) is 51.2 Å². The Morgan fingerprint density at radius 2 is 1.70 bits per heavy atom. The minimum absolute atomic E-state index is 0.0724. The van der Waals surface area contributed by atoms with Gasteiger partial charge in [-0.15, -0.1) is 11.3 Å². The van der Waals surface area contributed by atoms with E-state index in [9.17, 15) is 27.9 Å². The van der Waals surface area contributed by atoms with Crippen LogP contribution in [0.1, 0.15) is 43.7 Å². The lowest BCUT2D eigenvalue weighted by Gasteiger charge is -2.12. The van der Waals surface area contributed by atoms with Crippen molar-refractivity contribution in [3.8, 4) is 5.75 Å². The molecule has 0 aromatic carbocycles. The average Bonchev–Trinajstić information content (AvgIpc) is 3.43. The van der Waals surface area contributed by atoms with Gasteiger partial charge in [-0.05, 0) is 13.0 Å². The molecule has 2 amide bonds. The zero-order valence-corrected chi connectivity index (χ0v) is 21.4. The van der Waals surface area contributed by atoms with Crippen LogP contribution >= 0.6 is 11.3 Å². The zero-order valence-electron chi connectivity index (χ0n) is 20.6. The van der Waals surface area contributed by atoms with Crippen LogP contribution in [-0.2, 0) is 6.18 Å².